The summed E-state index contributed by atoms with van der Waals surface area (Å²) in [6, 6.07) is 0. The quantitative estimate of drug-likeness (QED) is 0.204. The Bertz CT molecular complexity index is 224. The second kappa shape index (κ2) is 19.6. The van der Waals surface area contributed by atoms with Crippen LogP contribution in [0.2, 0.25) is 10.8 Å². The zero-order valence-corrected chi connectivity index (χ0v) is 16.3. The molecule has 0 rings (SSSR count). The summed E-state index contributed by atoms with van der Waals surface area (Å²) in [5, 5.41) is 2.85. The maximum absolute atomic E-state index is 8.88. The second-order valence-corrected chi connectivity index (χ2v) is 8.03. The molecule has 3 N–H and O–H groups in total. The van der Waals surface area contributed by atoms with Crippen LogP contribution >= 0.6 is 7.82 Å². The molecule has 0 radical (unpaired) electrons. The van der Waals surface area contributed by atoms with Crippen molar-refractivity contribution in [3.05, 3.63) is 0 Å². The van der Waals surface area contributed by atoms with E-state index in [4.69, 9.17) is 19.2 Å². The van der Waals surface area contributed by atoms with Crippen LogP contribution in [0.5, 0.6) is 0 Å². The van der Waals surface area contributed by atoms with Crippen molar-refractivity contribution in [1.29, 1.82) is 0 Å². The second-order valence-electron chi connectivity index (χ2n) is 5.52. The minimum absolute atomic E-state index is 1.37. The summed E-state index contributed by atoms with van der Waals surface area (Å²) in [5.74, 6) is 0. The summed E-state index contributed by atoms with van der Waals surface area (Å²) in [6.45, 7) is 4.58. The van der Waals surface area contributed by atoms with Gasteiger partial charge in [0.25, 0.3) is 0 Å². The van der Waals surface area contributed by atoms with Crippen LogP contribution < -0.4 is 0 Å². The molecule has 4 nitrogen and oxygen atoms in total. The summed E-state index contributed by atoms with van der Waals surface area (Å²) in [4.78, 5) is 21.6. The third-order valence-electron chi connectivity index (χ3n) is 3.15. The Morgan fingerprint density at radius 1 is 0.636 bits per heavy atom. The van der Waals surface area contributed by atoms with Crippen molar-refractivity contribution in [3.8, 4) is 0 Å². The van der Waals surface area contributed by atoms with E-state index in [0.29, 0.717) is 0 Å². The van der Waals surface area contributed by atoms with E-state index in [0.717, 1.165) is 0 Å². The van der Waals surface area contributed by atoms with Gasteiger partial charge in [-0.1, -0.05) is 0 Å². The van der Waals surface area contributed by atoms with Gasteiger partial charge in [-0.3, -0.25) is 0 Å². The van der Waals surface area contributed by atoms with Crippen molar-refractivity contribution in [2.75, 3.05) is 0 Å². The molecule has 0 aliphatic carbocycles. The number of hydrogen-bond donors (Lipinski definition) is 3. The topological polar surface area (TPSA) is 77.8 Å². The Kier molecular flexibility index (Phi) is 22.2. The van der Waals surface area contributed by atoms with Gasteiger partial charge in [0, 0.05) is 0 Å². The molecule has 0 amide bonds. The van der Waals surface area contributed by atoms with Crippen molar-refractivity contribution in [2.24, 2.45) is 0 Å². The first-order valence-corrected chi connectivity index (χ1v) is 11.6. The third kappa shape index (κ3) is 37.1. The Balaban J connectivity index is 0. The first kappa shape index (κ1) is 24.9. The van der Waals surface area contributed by atoms with Crippen molar-refractivity contribution in [3.63, 3.8) is 0 Å². The van der Waals surface area contributed by atoms with Gasteiger partial charge in [-0.15, -0.1) is 0 Å². The van der Waals surface area contributed by atoms with E-state index in [1.54, 1.807) is 0 Å². The summed E-state index contributed by atoms with van der Waals surface area (Å²) in [6.07, 6.45) is 17.3. The van der Waals surface area contributed by atoms with E-state index >= 15 is 0 Å². The first-order chi connectivity index (χ1) is 10.4. The molecule has 22 heavy (non-hydrogen) atoms. The normalized spacial score (nSPS) is 11.3. The minimum atomic E-state index is -4.64. The van der Waals surface area contributed by atoms with Crippen molar-refractivity contribution in [2.45, 2.75) is 102 Å². The molecular formula is C16H37NiO4P. The molecule has 0 atom stereocenters. The van der Waals surface area contributed by atoms with Gasteiger partial charge in [-0.25, -0.2) is 4.57 Å². The summed E-state index contributed by atoms with van der Waals surface area (Å²) in [5.41, 5.74) is 0. The molecular weight excluding hydrogens is 346 g/mol. The van der Waals surface area contributed by atoms with Gasteiger partial charge in [0.2, 0.25) is 0 Å². The predicted octanol–water partition coefficient (Wildman–Crippen LogP) is 5.70. The Morgan fingerprint density at radius 2 is 0.909 bits per heavy atom. The minimum Gasteiger partial charge on any atom is -0.303 e. The predicted molar refractivity (Wildman–Crippen MR) is 90.6 cm³/mol. The molecule has 0 bridgehead atoms. The van der Waals surface area contributed by atoms with Crippen LogP contribution in [0, 0.1) is 0 Å². The fourth-order valence-corrected chi connectivity index (χ4v) is 3.19. The van der Waals surface area contributed by atoms with Crippen LogP contribution in [-0.4, -0.2) is 14.7 Å². The van der Waals surface area contributed by atoms with E-state index in [9.17, 15) is 0 Å². The fraction of sp³-hybridized carbons (Fsp3) is 1.00. The fourth-order valence-electron chi connectivity index (χ4n) is 1.96. The van der Waals surface area contributed by atoms with E-state index < -0.39 is 7.82 Å². The summed E-state index contributed by atoms with van der Waals surface area (Å²) < 4.78 is 8.88. The van der Waals surface area contributed by atoms with Crippen LogP contribution in [-0.2, 0) is 19.0 Å². The molecule has 0 aromatic carbocycles. The maximum atomic E-state index is 8.88. The molecule has 0 aromatic rings. The Hall–Kier alpha value is 0.604. The SMILES string of the molecule is CCCCCCC[CH2][Ni][CH2]CCCCCCC.O=P(O)(O)O. The van der Waals surface area contributed by atoms with E-state index in [2.05, 4.69) is 13.8 Å². The van der Waals surface area contributed by atoms with Gasteiger partial charge in [0.05, 0.1) is 0 Å². The van der Waals surface area contributed by atoms with Crippen molar-refractivity contribution >= 4 is 7.82 Å². The molecule has 0 aliphatic heterocycles. The van der Waals surface area contributed by atoms with Crippen LogP contribution in [0.25, 0.3) is 0 Å². The smallest absolute Gasteiger partial charge is 0.303 e. The molecule has 6 heteroatoms. The molecule has 0 heterocycles. The van der Waals surface area contributed by atoms with Crippen molar-refractivity contribution < 1.29 is 33.7 Å². The first-order valence-electron chi connectivity index (χ1n) is 8.64. The third-order valence-corrected chi connectivity index (χ3v) is 4.55. The molecule has 0 unspecified atom stereocenters. The van der Waals surface area contributed by atoms with E-state index in [1.807, 2.05) is 14.4 Å². The number of unbranched alkanes of at least 4 members (excludes halogenated alkanes) is 10. The van der Waals surface area contributed by atoms with Gasteiger partial charge in [0.1, 0.15) is 0 Å². The van der Waals surface area contributed by atoms with Crippen LogP contribution in [0.15, 0.2) is 0 Å². The Labute approximate surface area is 143 Å². The zero-order valence-electron chi connectivity index (χ0n) is 14.4. The van der Waals surface area contributed by atoms with Gasteiger partial charge in [-0.2, -0.15) is 0 Å². The molecule has 0 aliphatic rings. The number of phosphoric acid groups is 1. The molecule has 0 spiro atoms. The summed E-state index contributed by atoms with van der Waals surface area (Å²) >= 11 is 2.01. The Morgan fingerprint density at radius 3 is 1.23 bits per heavy atom. The standard InChI is InChI=1S/2C8H17.Ni.H3O4P/c2*1-3-5-7-8-6-4-2;;1-5(2,3)4/h2*1,3-8H2,2H3;;(H3,1,2,3,4). The average molecular weight is 383 g/mol. The largest absolute Gasteiger partial charge is 0.466 e. The van der Waals surface area contributed by atoms with Crippen molar-refractivity contribution in [1.82, 2.24) is 0 Å². The molecule has 0 aromatic heterocycles. The van der Waals surface area contributed by atoms with Gasteiger partial charge in [-0.05, 0) is 0 Å². The average Bonchev–Trinajstić information content (AvgIpc) is 2.42. The van der Waals surface area contributed by atoms with Gasteiger partial charge < -0.3 is 14.7 Å². The van der Waals surface area contributed by atoms with Crippen LogP contribution in [0.1, 0.15) is 90.9 Å². The number of rotatable bonds is 14. The molecule has 0 saturated carbocycles. The molecule has 0 saturated heterocycles. The zero-order chi connectivity index (χ0) is 17.1. The maximum Gasteiger partial charge on any atom is 0.466 e. The molecule has 0 fully saturated rings. The summed E-state index contributed by atoms with van der Waals surface area (Å²) in [7, 11) is -4.64. The van der Waals surface area contributed by atoms with Crippen LogP contribution in [0.4, 0.5) is 0 Å². The van der Waals surface area contributed by atoms with E-state index in [1.165, 1.54) is 87.8 Å². The number of hydrogen-bond acceptors (Lipinski definition) is 1. The van der Waals surface area contributed by atoms with Crippen LogP contribution in [0.3, 0.4) is 0 Å². The van der Waals surface area contributed by atoms with E-state index in [-0.39, 0.29) is 0 Å². The van der Waals surface area contributed by atoms with Gasteiger partial charge >= 0.3 is 124 Å². The van der Waals surface area contributed by atoms with Gasteiger partial charge in [0.15, 0.2) is 0 Å². The molecule has 140 valence electrons. The monoisotopic (exact) mass is 382 g/mol.